The van der Waals surface area contributed by atoms with Gasteiger partial charge in [-0.15, -0.1) is 0 Å². The molecule has 0 saturated carbocycles. The Kier molecular flexibility index (Phi) is 8.12. The van der Waals surface area contributed by atoms with Gasteiger partial charge in [-0.25, -0.2) is 0 Å². The highest BCUT2D eigenvalue weighted by Crippen LogP contribution is 2.42. The molecule has 0 aromatic heterocycles. The third kappa shape index (κ3) is 5.17. The highest BCUT2D eigenvalue weighted by atomic mass is 16.5. The molecule has 4 rings (SSSR count). The van der Waals surface area contributed by atoms with E-state index in [4.69, 9.17) is 18.9 Å². The van der Waals surface area contributed by atoms with E-state index >= 15 is 0 Å². The van der Waals surface area contributed by atoms with Crippen LogP contribution in [0.2, 0.25) is 0 Å². The quantitative estimate of drug-likeness (QED) is 0.322. The number of methoxy groups -OCH3 is 3. The van der Waals surface area contributed by atoms with Crippen LogP contribution in [0.1, 0.15) is 23.6 Å². The normalized spacial score (nSPS) is 20.0. The Hall–Kier alpha value is -3.56. The van der Waals surface area contributed by atoms with Crippen LogP contribution in [0.25, 0.3) is 5.76 Å². The fourth-order valence-electron chi connectivity index (χ4n) is 4.70. The summed E-state index contributed by atoms with van der Waals surface area (Å²) >= 11 is 0. The Labute approximate surface area is 210 Å². The summed E-state index contributed by atoms with van der Waals surface area (Å²) in [4.78, 5) is 30.3. The molecule has 192 valence electrons. The Morgan fingerprint density at radius 1 is 0.972 bits per heavy atom. The van der Waals surface area contributed by atoms with E-state index in [0.29, 0.717) is 54.6 Å². The number of hydrogen-bond acceptors (Lipinski definition) is 8. The molecule has 0 radical (unpaired) electrons. The number of hydrogen-bond donors (Lipinski definition) is 1. The van der Waals surface area contributed by atoms with E-state index in [1.165, 1.54) is 26.2 Å². The van der Waals surface area contributed by atoms with Crippen LogP contribution in [0.15, 0.2) is 48.0 Å². The van der Waals surface area contributed by atoms with Crippen molar-refractivity contribution in [2.45, 2.75) is 12.5 Å². The number of nitrogens with zero attached hydrogens (tertiary/aromatic N) is 2. The van der Waals surface area contributed by atoms with Crippen LogP contribution >= 0.6 is 0 Å². The number of carbonyl (C=O) groups is 2. The number of benzene rings is 2. The molecule has 2 heterocycles. The van der Waals surface area contributed by atoms with Gasteiger partial charge >= 0.3 is 0 Å². The second kappa shape index (κ2) is 11.5. The van der Waals surface area contributed by atoms with E-state index in [2.05, 4.69) is 4.90 Å². The molecular weight excluding hydrogens is 464 g/mol. The average molecular weight is 497 g/mol. The predicted octanol–water partition coefficient (Wildman–Crippen LogP) is 2.86. The van der Waals surface area contributed by atoms with Crippen LogP contribution in [-0.2, 0) is 14.3 Å². The zero-order valence-corrected chi connectivity index (χ0v) is 20.9. The van der Waals surface area contributed by atoms with Gasteiger partial charge in [0, 0.05) is 31.7 Å². The maximum Gasteiger partial charge on any atom is 0.295 e. The predicted molar refractivity (Wildman–Crippen MR) is 133 cm³/mol. The number of aliphatic hydroxyl groups excluding tert-OH is 1. The number of Topliss-reactive ketones (excluding diaryl/α,β-unsaturated/α-hetero) is 1. The lowest BCUT2D eigenvalue weighted by Crippen LogP contribution is -2.38. The van der Waals surface area contributed by atoms with Gasteiger partial charge in [-0.1, -0.05) is 18.2 Å². The molecule has 2 aliphatic rings. The molecule has 2 fully saturated rings. The Morgan fingerprint density at radius 2 is 1.72 bits per heavy atom. The van der Waals surface area contributed by atoms with Gasteiger partial charge in [0.1, 0.15) is 11.5 Å². The number of likely N-dealkylation sites (tertiary alicyclic amines) is 1. The summed E-state index contributed by atoms with van der Waals surface area (Å²) < 4.78 is 21.5. The number of ketones is 1. The molecule has 9 heteroatoms. The number of rotatable bonds is 9. The smallest absolute Gasteiger partial charge is 0.295 e. The van der Waals surface area contributed by atoms with E-state index < -0.39 is 17.7 Å². The number of aliphatic hydroxyl groups is 1. The van der Waals surface area contributed by atoms with Crippen LogP contribution in [0.5, 0.6) is 17.2 Å². The summed E-state index contributed by atoms with van der Waals surface area (Å²) in [5.74, 6) is -0.0829. The average Bonchev–Trinajstić information content (AvgIpc) is 3.17. The summed E-state index contributed by atoms with van der Waals surface area (Å²) in [5.41, 5.74) is 1.07. The Balaban J connectivity index is 1.73. The minimum absolute atomic E-state index is 0.0341. The van der Waals surface area contributed by atoms with Crippen LogP contribution in [-0.4, -0.2) is 87.3 Å². The van der Waals surface area contributed by atoms with E-state index in [0.717, 1.165) is 19.6 Å². The summed E-state index contributed by atoms with van der Waals surface area (Å²) in [5, 5.41) is 11.3. The van der Waals surface area contributed by atoms with Gasteiger partial charge in [0.2, 0.25) is 0 Å². The molecule has 0 bridgehead atoms. The van der Waals surface area contributed by atoms with Gasteiger partial charge in [-0.3, -0.25) is 14.5 Å². The largest absolute Gasteiger partial charge is 0.507 e. The number of morpholine rings is 1. The molecule has 1 amide bonds. The lowest BCUT2D eigenvalue weighted by atomic mass is 9.95. The first kappa shape index (κ1) is 25.5. The van der Waals surface area contributed by atoms with Crippen molar-refractivity contribution in [1.82, 2.24) is 9.80 Å². The second-order valence-corrected chi connectivity index (χ2v) is 8.65. The maximum absolute atomic E-state index is 13.3. The van der Waals surface area contributed by atoms with Gasteiger partial charge in [0.15, 0.2) is 11.5 Å². The first-order valence-corrected chi connectivity index (χ1v) is 11.9. The summed E-state index contributed by atoms with van der Waals surface area (Å²) in [6.07, 6.45) is 0.677. The molecule has 0 aliphatic carbocycles. The van der Waals surface area contributed by atoms with Gasteiger partial charge in [0.05, 0.1) is 46.2 Å². The second-order valence-electron chi connectivity index (χ2n) is 8.65. The summed E-state index contributed by atoms with van der Waals surface area (Å²) in [7, 11) is 4.59. The summed E-state index contributed by atoms with van der Waals surface area (Å²) in [6.45, 7) is 4.20. The van der Waals surface area contributed by atoms with Gasteiger partial charge in [-0.05, 0) is 36.2 Å². The maximum atomic E-state index is 13.3. The highest BCUT2D eigenvalue weighted by Gasteiger charge is 2.46. The van der Waals surface area contributed by atoms with Crippen LogP contribution in [0.3, 0.4) is 0 Å². The third-order valence-electron chi connectivity index (χ3n) is 6.58. The molecular formula is C27H32N2O7. The molecule has 9 nitrogen and oxygen atoms in total. The van der Waals surface area contributed by atoms with E-state index in [-0.39, 0.29) is 11.3 Å². The van der Waals surface area contributed by atoms with Crippen molar-refractivity contribution in [1.29, 1.82) is 0 Å². The SMILES string of the molecule is COc1cccc(C(O)=C2C(=O)C(=O)N(CCCN3CCOCC3)[C@@H]2c2ccc(OC)c(OC)c2)c1. The lowest BCUT2D eigenvalue weighted by molar-refractivity contribution is -0.140. The molecule has 2 saturated heterocycles. The Bertz CT molecular complexity index is 1140. The number of ether oxygens (including phenoxy) is 4. The molecule has 2 aromatic carbocycles. The molecule has 2 aliphatic heterocycles. The fourth-order valence-corrected chi connectivity index (χ4v) is 4.70. The van der Waals surface area contributed by atoms with E-state index in [1.54, 1.807) is 42.5 Å². The summed E-state index contributed by atoms with van der Waals surface area (Å²) in [6, 6.07) is 11.2. The number of carbonyl (C=O) groups excluding carboxylic acids is 2. The van der Waals surface area contributed by atoms with Gasteiger partial charge < -0.3 is 29.0 Å². The molecule has 1 N–H and O–H groups in total. The van der Waals surface area contributed by atoms with Crippen molar-refractivity contribution in [2.24, 2.45) is 0 Å². The standard InChI is InChI=1S/C27H32N2O7/c1-33-20-7-4-6-19(16-20)25(30)23-24(18-8-9-21(34-2)22(17-18)35-3)29(27(32)26(23)31)11-5-10-28-12-14-36-15-13-28/h4,6-9,16-17,24,30H,5,10-15H2,1-3H3/t24-/m1/s1. The van der Waals surface area contributed by atoms with E-state index in [1.807, 2.05) is 0 Å². The minimum atomic E-state index is -0.777. The highest BCUT2D eigenvalue weighted by molar-refractivity contribution is 6.46. The van der Waals surface area contributed by atoms with Crippen molar-refractivity contribution in [3.05, 3.63) is 59.2 Å². The van der Waals surface area contributed by atoms with Crippen molar-refractivity contribution < 1.29 is 33.6 Å². The van der Waals surface area contributed by atoms with Gasteiger partial charge in [0.25, 0.3) is 11.7 Å². The molecule has 2 aromatic rings. The monoisotopic (exact) mass is 496 g/mol. The third-order valence-corrected chi connectivity index (χ3v) is 6.58. The number of amides is 1. The van der Waals surface area contributed by atoms with Crippen molar-refractivity contribution >= 4 is 17.4 Å². The van der Waals surface area contributed by atoms with Crippen LogP contribution in [0.4, 0.5) is 0 Å². The molecule has 1 atom stereocenters. The van der Waals surface area contributed by atoms with Crippen LogP contribution < -0.4 is 14.2 Å². The molecule has 0 unspecified atom stereocenters. The zero-order chi connectivity index (χ0) is 25.7. The zero-order valence-electron chi connectivity index (χ0n) is 20.9. The minimum Gasteiger partial charge on any atom is -0.507 e. The molecule has 36 heavy (non-hydrogen) atoms. The van der Waals surface area contributed by atoms with Crippen LogP contribution in [0, 0.1) is 0 Å². The van der Waals surface area contributed by atoms with E-state index in [9.17, 15) is 14.7 Å². The van der Waals surface area contributed by atoms with Crippen molar-refractivity contribution in [3.8, 4) is 17.2 Å². The first-order chi connectivity index (χ1) is 17.5. The van der Waals surface area contributed by atoms with Gasteiger partial charge in [-0.2, -0.15) is 0 Å². The fraction of sp³-hybridized carbons (Fsp3) is 0.407. The topological polar surface area (TPSA) is 97.8 Å². The van der Waals surface area contributed by atoms with Crippen molar-refractivity contribution in [2.75, 3.05) is 60.7 Å². The Morgan fingerprint density at radius 3 is 2.42 bits per heavy atom. The van der Waals surface area contributed by atoms with Crippen molar-refractivity contribution in [3.63, 3.8) is 0 Å². The first-order valence-electron chi connectivity index (χ1n) is 11.9. The molecule has 0 spiro atoms. The lowest BCUT2D eigenvalue weighted by Gasteiger charge is -2.29.